The summed E-state index contributed by atoms with van der Waals surface area (Å²) in [6.45, 7) is 4.87. The Morgan fingerprint density at radius 3 is 1.79 bits per heavy atom. The Morgan fingerprint density at radius 1 is 0.857 bits per heavy atom. The number of hydrogen-bond donors (Lipinski definition) is 0. The van der Waals surface area contributed by atoms with Gasteiger partial charge in [0.15, 0.2) is 0 Å². The average Bonchev–Trinajstić information content (AvgIpc) is 2.08. The van der Waals surface area contributed by atoms with Gasteiger partial charge in [0.2, 0.25) is 0 Å². The van der Waals surface area contributed by atoms with Crippen LogP contribution < -0.4 is 0 Å². The summed E-state index contributed by atoms with van der Waals surface area (Å²) < 4.78 is 12.8. The number of ether oxygens (including phenoxy) is 2. The molecular weight excluding hydrogens is 295 g/mol. The first kappa shape index (κ1) is 14.6. The molecule has 0 aromatic carbocycles. The normalized spacial score (nSPS) is 11.6. The molecule has 5 heteroatoms. The first-order valence-electron chi connectivity index (χ1n) is 4.80. The van der Waals surface area contributed by atoms with Crippen molar-refractivity contribution in [2.24, 2.45) is 0 Å². The van der Waals surface area contributed by atoms with Crippen molar-refractivity contribution in [2.75, 3.05) is 60.7 Å². The molecule has 0 aromatic heterocycles. The highest BCUT2D eigenvalue weighted by molar-refractivity contribution is 14.1. The number of rotatable bonds is 9. The summed E-state index contributed by atoms with van der Waals surface area (Å²) >= 11 is 2.24. The molecule has 0 saturated heterocycles. The summed E-state index contributed by atoms with van der Waals surface area (Å²) in [5.74, 6) is 0. The zero-order valence-corrected chi connectivity index (χ0v) is 11.5. The van der Waals surface area contributed by atoms with Crippen molar-refractivity contribution >= 4 is 22.9 Å². The van der Waals surface area contributed by atoms with Crippen LogP contribution in [0.2, 0.25) is 0 Å². The van der Waals surface area contributed by atoms with E-state index in [1.807, 2.05) is 21.1 Å². The SMILES string of the molecule is CN(C)CCOCCOCCN(C)I. The minimum Gasteiger partial charge on any atom is -0.378 e. The van der Waals surface area contributed by atoms with Gasteiger partial charge in [-0.05, 0) is 21.1 Å². The van der Waals surface area contributed by atoms with Crippen LogP contribution in [0.1, 0.15) is 0 Å². The molecule has 0 N–H and O–H groups in total. The molecule has 0 heterocycles. The Morgan fingerprint density at radius 2 is 1.36 bits per heavy atom. The average molecular weight is 316 g/mol. The van der Waals surface area contributed by atoms with Gasteiger partial charge < -0.3 is 14.4 Å². The summed E-state index contributed by atoms with van der Waals surface area (Å²) in [6.07, 6.45) is 0. The topological polar surface area (TPSA) is 24.9 Å². The van der Waals surface area contributed by atoms with Gasteiger partial charge in [-0.3, -0.25) is 0 Å². The van der Waals surface area contributed by atoms with Crippen LogP contribution in [-0.2, 0) is 9.47 Å². The largest absolute Gasteiger partial charge is 0.378 e. The van der Waals surface area contributed by atoms with Crippen molar-refractivity contribution in [2.45, 2.75) is 0 Å². The fourth-order valence-corrected chi connectivity index (χ4v) is 0.956. The molecule has 14 heavy (non-hydrogen) atoms. The molecule has 0 aliphatic rings. The Balaban J connectivity index is 2.92. The lowest BCUT2D eigenvalue weighted by molar-refractivity contribution is 0.0418. The molecule has 86 valence electrons. The summed E-state index contributed by atoms with van der Waals surface area (Å²) in [6, 6.07) is 0. The molecule has 0 radical (unpaired) electrons. The zero-order chi connectivity index (χ0) is 10.8. The fraction of sp³-hybridized carbons (Fsp3) is 1.00. The molecule has 0 aliphatic carbocycles. The molecule has 0 fully saturated rings. The van der Waals surface area contributed by atoms with Crippen molar-refractivity contribution in [3.05, 3.63) is 0 Å². The van der Waals surface area contributed by atoms with Crippen LogP contribution in [0.4, 0.5) is 0 Å². The summed E-state index contributed by atoms with van der Waals surface area (Å²) in [5, 5.41) is 0. The van der Waals surface area contributed by atoms with E-state index in [0.29, 0.717) is 13.2 Å². The van der Waals surface area contributed by atoms with E-state index in [2.05, 4.69) is 30.9 Å². The van der Waals surface area contributed by atoms with Crippen LogP contribution in [-0.4, -0.2) is 68.7 Å². The molecule has 0 amide bonds. The van der Waals surface area contributed by atoms with E-state index in [4.69, 9.17) is 9.47 Å². The predicted molar refractivity (Wildman–Crippen MR) is 66.8 cm³/mol. The van der Waals surface area contributed by atoms with Gasteiger partial charge >= 0.3 is 0 Å². The standard InChI is InChI=1S/C9H21IN2O2/c1-11(2)4-6-13-8-9-14-7-5-12(3)10/h4-9H2,1-3H3. The van der Waals surface area contributed by atoms with Crippen LogP contribution in [0.15, 0.2) is 0 Å². The molecule has 0 bridgehead atoms. The Labute approximate surface area is 101 Å². The molecule has 0 rings (SSSR count). The van der Waals surface area contributed by atoms with Gasteiger partial charge in [0.05, 0.1) is 26.4 Å². The lowest BCUT2D eigenvalue weighted by atomic mass is 10.6. The highest BCUT2D eigenvalue weighted by atomic mass is 127. The molecule has 0 aromatic rings. The first-order chi connectivity index (χ1) is 6.63. The highest BCUT2D eigenvalue weighted by Crippen LogP contribution is 1.91. The van der Waals surface area contributed by atoms with Gasteiger partial charge in [0.1, 0.15) is 0 Å². The Kier molecular flexibility index (Phi) is 10.5. The number of halogens is 1. The van der Waals surface area contributed by atoms with Gasteiger partial charge in [0.25, 0.3) is 0 Å². The van der Waals surface area contributed by atoms with Gasteiger partial charge in [-0.15, -0.1) is 0 Å². The van der Waals surface area contributed by atoms with Crippen LogP contribution in [0.3, 0.4) is 0 Å². The second-order valence-electron chi connectivity index (χ2n) is 3.36. The van der Waals surface area contributed by atoms with Crippen LogP contribution >= 0.6 is 22.9 Å². The predicted octanol–water partition coefficient (Wildman–Crippen LogP) is 0.863. The number of likely N-dealkylation sites (N-methyl/N-ethyl adjacent to an activating group) is 2. The molecule has 0 spiro atoms. The van der Waals surface area contributed by atoms with Crippen LogP contribution in [0, 0.1) is 0 Å². The van der Waals surface area contributed by atoms with Crippen molar-refractivity contribution in [1.82, 2.24) is 8.01 Å². The summed E-state index contributed by atoms with van der Waals surface area (Å²) in [5.41, 5.74) is 0. The lowest BCUT2D eigenvalue weighted by Gasteiger charge is -2.10. The Hall–Kier alpha value is 0.570. The third-order valence-corrected chi connectivity index (χ3v) is 2.08. The van der Waals surface area contributed by atoms with Crippen molar-refractivity contribution in [3.63, 3.8) is 0 Å². The smallest absolute Gasteiger partial charge is 0.0701 e. The quantitative estimate of drug-likeness (QED) is 0.358. The van der Waals surface area contributed by atoms with Crippen molar-refractivity contribution in [1.29, 1.82) is 0 Å². The molecule has 0 atom stereocenters. The lowest BCUT2D eigenvalue weighted by Crippen LogP contribution is -2.20. The number of nitrogens with zero attached hydrogens (tertiary/aromatic N) is 2. The highest BCUT2D eigenvalue weighted by Gasteiger charge is 1.93. The van der Waals surface area contributed by atoms with E-state index in [-0.39, 0.29) is 0 Å². The third-order valence-electron chi connectivity index (χ3n) is 1.60. The summed E-state index contributed by atoms with van der Waals surface area (Å²) in [7, 11) is 6.10. The maximum atomic E-state index is 5.37. The van der Waals surface area contributed by atoms with Gasteiger partial charge in [0, 0.05) is 36.0 Å². The van der Waals surface area contributed by atoms with Crippen LogP contribution in [0.5, 0.6) is 0 Å². The summed E-state index contributed by atoms with van der Waals surface area (Å²) in [4.78, 5) is 2.10. The fourth-order valence-electron chi connectivity index (χ4n) is 0.759. The van der Waals surface area contributed by atoms with E-state index in [0.717, 1.165) is 26.3 Å². The molecular formula is C9H21IN2O2. The second kappa shape index (κ2) is 10.1. The minimum absolute atomic E-state index is 0.692. The third kappa shape index (κ3) is 12.6. The molecule has 4 nitrogen and oxygen atoms in total. The van der Waals surface area contributed by atoms with Crippen molar-refractivity contribution < 1.29 is 9.47 Å². The molecule has 0 unspecified atom stereocenters. The number of hydrogen-bond acceptors (Lipinski definition) is 4. The maximum Gasteiger partial charge on any atom is 0.0701 e. The first-order valence-corrected chi connectivity index (χ1v) is 5.76. The van der Waals surface area contributed by atoms with E-state index in [1.165, 1.54) is 0 Å². The van der Waals surface area contributed by atoms with E-state index in [1.54, 1.807) is 0 Å². The molecule has 0 aliphatic heterocycles. The van der Waals surface area contributed by atoms with Crippen molar-refractivity contribution in [3.8, 4) is 0 Å². The van der Waals surface area contributed by atoms with E-state index >= 15 is 0 Å². The van der Waals surface area contributed by atoms with E-state index in [9.17, 15) is 0 Å². The van der Waals surface area contributed by atoms with Gasteiger partial charge in [-0.25, -0.2) is 3.11 Å². The van der Waals surface area contributed by atoms with Gasteiger partial charge in [-0.1, -0.05) is 0 Å². The Bertz CT molecular complexity index is 109. The second-order valence-corrected chi connectivity index (χ2v) is 5.00. The zero-order valence-electron chi connectivity index (χ0n) is 9.33. The van der Waals surface area contributed by atoms with E-state index < -0.39 is 0 Å². The minimum atomic E-state index is 0.692. The molecule has 0 saturated carbocycles. The van der Waals surface area contributed by atoms with Crippen LogP contribution in [0.25, 0.3) is 0 Å². The monoisotopic (exact) mass is 316 g/mol. The van der Waals surface area contributed by atoms with Gasteiger partial charge in [-0.2, -0.15) is 0 Å². The maximum absolute atomic E-state index is 5.37.